The minimum atomic E-state index is -2.19. The molecule has 3 unspecified atom stereocenters. The van der Waals surface area contributed by atoms with Crippen LogP contribution in [0.4, 0.5) is 0 Å². The van der Waals surface area contributed by atoms with Gasteiger partial charge in [0.05, 0.1) is 12.7 Å². The molecule has 5 rings (SSSR count). The number of ether oxygens (including phenoxy) is 1. The summed E-state index contributed by atoms with van der Waals surface area (Å²) in [5.74, 6) is -1.33. The lowest BCUT2D eigenvalue weighted by Gasteiger charge is -2.35. The minimum absolute atomic E-state index is 0.174. The van der Waals surface area contributed by atoms with Gasteiger partial charge in [-0.25, -0.2) is 0 Å². The number of benzene rings is 1. The number of rotatable bonds is 2. The largest absolute Gasteiger partial charge is 0.539 e. The minimum Gasteiger partial charge on any atom is -0.539 e. The van der Waals surface area contributed by atoms with Crippen LogP contribution in [0, 0.1) is 6.92 Å². The molecule has 20 heavy (non-hydrogen) atoms. The van der Waals surface area contributed by atoms with E-state index in [1.165, 1.54) is 0 Å². The van der Waals surface area contributed by atoms with Crippen molar-refractivity contribution in [3.8, 4) is 0 Å². The number of hydrogen-bond donors (Lipinski definition) is 2. The number of hydrogen-bond acceptors (Lipinski definition) is 6. The topological polar surface area (TPSA) is 77.4 Å². The maximum atomic E-state index is 10.2. The van der Waals surface area contributed by atoms with Gasteiger partial charge in [0.2, 0.25) is 0 Å². The van der Waals surface area contributed by atoms with Gasteiger partial charge in [-0.1, -0.05) is 29.8 Å². The Morgan fingerprint density at radius 1 is 1.35 bits per heavy atom. The molecule has 108 valence electrons. The zero-order chi connectivity index (χ0) is 14.0. The Balaban J connectivity index is 1.79. The number of fused-ring (bicyclic) bond motifs is 1. The molecule has 0 saturated carbocycles. The first kappa shape index (κ1) is 12.8. The molecule has 6 nitrogen and oxygen atoms in total. The average Bonchev–Trinajstić information content (AvgIpc) is 2.75. The van der Waals surface area contributed by atoms with Crippen LogP contribution < -0.4 is 5.46 Å². The van der Waals surface area contributed by atoms with Gasteiger partial charge >= 0.3 is 6.75 Å². The third kappa shape index (κ3) is 1.50. The quantitative estimate of drug-likeness (QED) is 0.679. The summed E-state index contributed by atoms with van der Waals surface area (Å²) in [6.07, 6.45) is -2.14. The Labute approximate surface area is 116 Å². The van der Waals surface area contributed by atoms with E-state index in [1.807, 2.05) is 31.2 Å². The second-order valence-corrected chi connectivity index (χ2v) is 5.68. The highest BCUT2D eigenvalue weighted by Gasteiger charge is 2.66. The van der Waals surface area contributed by atoms with Crippen molar-refractivity contribution in [3.63, 3.8) is 0 Å². The molecule has 4 aliphatic rings. The van der Waals surface area contributed by atoms with Gasteiger partial charge in [0.15, 0.2) is 5.79 Å². The second kappa shape index (κ2) is 4.04. The van der Waals surface area contributed by atoms with Crippen LogP contribution in [-0.4, -0.2) is 54.3 Å². The van der Waals surface area contributed by atoms with Crippen molar-refractivity contribution in [3.05, 3.63) is 29.8 Å². The van der Waals surface area contributed by atoms with E-state index in [9.17, 15) is 10.2 Å². The van der Waals surface area contributed by atoms with Crippen LogP contribution in [0.5, 0.6) is 0 Å². The molecule has 4 saturated heterocycles. The van der Waals surface area contributed by atoms with E-state index in [4.69, 9.17) is 18.7 Å². The molecular formula is C13H16BO6-. The average molecular weight is 279 g/mol. The second-order valence-electron chi connectivity index (χ2n) is 5.68. The summed E-state index contributed by atoms with van der Waals surface area (Å²) in [6, 6.07) is 7.62. The molecule has 4 fully saturated rings. The van der Waals surface area contributed by atoms with Crippen LogP contribution in [-0.2, 0) is 18.7 Å². The molecule has 0 aromatic heterocycles. The number of aryl methyl sites for hydroxylation is 1. The van der Waals surface area contributed by atoms with Gasteiger partial charge in [-0.2, -0.15) is 0 Å². The van der Waals surface area contributed by atoms with Crippen molar-refractivity contribution in [2.24, 2.45) is 0 Å². The Kier molecular flexibility index (Phi) is 2.57. The van der Waals surface area contributed by atoms with Gasteiger partial charge in [0.25, 0.3) is 0 Å². The van der Waals surface area contributed by atoms with E-state index in [-0.39, 0.29) is 13.2 Å². The lowest BCUT2D eigenvalue weighted by Crippen LogP contribution is -2.54. The molecule has 4 aliphatic heterocycles. The summed E-state index contributed by atoms with van der Waals surface area (Å²) in [4.78, 5) is 0. The molecule has 1 aromatic carbocycles. The maximum absolute atomic E-state index is 10.2. The van der Waals surface area contributed by atoms with Gasteiger partial charge in [0.1, 0.15) is 12.2 Å². The SMILES string of the molecule is Cc1ccc([B-]23OC[C@H]4OC(CO)(O2)[C@@H](O3)C4O)cc1. The van der Waals surface area contributed by atoms with E-state index in [0.29, 0.717) is 0 Å². The molecule has 0 radical (unpaired) electrons. The molecule has 2 N–H and O–H groups in total. The van der Waals surface area contributed by atoms with Crippen LogP contribution >= 0.6 is 0 Å². The van der Waals surface area contributed by atoms with Crippen LogP contribution in [0.1, 0.15) is 5.56 Å². The summed E-state index contributed by atoms with van der Waals surface area (Å²) >= 11 is 0. The smallest absolute Gasteiger partial charge is 0.412 e. The predicted molar refractivity (Wildman–Crippen MR) is 69.2 cm³/mol. The van der Waals surface area contributed by atoms with Crippen molar-refractivity contribution in [1.29, 1.82) is 0 Å². The Hall–Kier alpha value is -0.955. The van der Waals surface area contributed by atoms with Crippen LogP contribution in [0.15, 0.2) is 24.3 Å². The summed E-state index contributed by atoms with van der Waals surface area (Å²) < 4.78 is 23.2. The zero-order valence-corrected chi connectivity index (χ0v) is 11.1. The van der Waals surface area contributed by atoms with E-state index in [2.05, 4.69) is 0 Å². The molecule has 4 heterocycles. The summed E-state index contributed by atoms with van der Waals surface area (Å²) in [6.45, 7) is -0.417. The summed E-state index contributed by atoms with van der Waals surface area (Å²) in [5.41, 5.74) is 1.86. The van der Waals surface area contributed by atoms with Gasteiger partial charge in [-0.05, 0) is 6.92 Å². The van der Waals surface area contributed by atoms with Gasteiger partial charge < -0.3 is 28.9 Å². The van der Waals surface area contributed by atoms with E-state index >= 15 is 0 Å². The molecule has 7 heteroatoms. The normalized spacial score (nSPS) is 45.9. The van der Waals surface area contributed by atoms with Gasteiger partial charge in [0, 0.05) is 6.61 Å². The Morgan fingerprint density at radius 2 is 2.10 bits per heavy atom. The molecule has 0 aliphatic carbocycles. The highest BCUT2D eigenvalue weighted by molar-refractivity contribution is 6.76. The standard InChI is InChI=1S/C13H16BO6/c1-8-2-4-9(5-3-8)14-17-6-10-11(16)12(19-14)13(7-15,18-10)20-14/h2-5,10-12,15-16H,6-7H2,1H3/q-1/t10-,11?,12+,13?,14?/m1/s1. The first-order valence-electron chi connectivity index (χ1n) is 6.78. The monoisotopic (exact) mass is 279 g/mol. The molecule has 5 atom stereocenters. The van der Waals surface area contributed by atoms with Crippen molar-refractivity contribution < 1.29 is 28.9 Å². The first-order chi connectivity index (χ1) is 9.58. The van der Waals surface area contributed by atoms with Gasteiger partial charge in [-0.3, -0.25) is 0 Å². The maximum Gasteiger partial charge on any atom is 0.412 e. The highest BCUT2D eigenvalue weighted by Crippen LogP contribution is 2.46. The fourth-order valence-electron chi connectivity index (χ4n) is 3.25. The van der Waals surface area contributed by atoms with E-state index in [1.54, 1.807) is 0 Å². The zero-order valence-electron chi connectivity index (χ0n) is 11.1. The van der Waals surface area contributed by atoms with Crippen LogP contribution in [0.25, 0.3) is 0 Å². The molecule has 0 spiro atoms. The summed E-state index contributed by atoms with van der Waals surface area (Å²) in [7, 11) is 0. The van der Waals surface area contributed by atoms with E-state index < -0.39 is 30.9 Å². The van der Waals surface area contributed by atoms with E-state index in [0.717, 1.165) is 11.0 Å². The third-order valence-corrected chi connectivity index (χ3v) is 4.34. The van der Waals surface area contributed by atoms with Crippen molar-refractivity contribution in [2.45, 2.75) is 31.0 Å². The lowest BCUT2D eigenvalue weighted by atomic mass is 9.69. The summed E-state index contributed by atoms with van der Waals surface area (Å²) in [5, 5.41) is 19.8. The Bertz CT molecular complexity index is 536. The van der Waals surface area contributed by atoms with Gasteiger partial charge in [-0.15, -0.1) is 5.46 Å². The van der Waals surface area contributed by atoms with Crippen molar-refractivity contribution in [1.82, 2.24) is 0 Å². The van der Waals surface area contributed by atoms with Crippen molar-refractivity contribution >= 4 is 12.2 Å². The Morgan fingerprint density at radius 3 is 2.75 bits per heavy atom. The molecule has 0 amide bonds. The number of aliphatic hydroxyl groups excluding tert-OH is 2. The molecule has 4 bridgehead atoms. The fraction of sp³-hybridized carbons (Fsp3) is 0.538. The molecular weight excluding hydrogens is 263 g/mol. The third-order valence-electron chi connectivity index (χ3n) is 4.34. The fourth-order valence-corrected chi connectivity index (χ4v) is 3.25. The lowest BCUT2D eigenvalue weighted by molar-refractivity contribution is -0.193. The predicted octanol–water partition coefficient (Wildman–Crippen LogP) is -0.965. The van der Waals surface area contributed by atoms with Crippen LogP contribution in [0.3, 0.4) is 0 Å². The van der Waals surface area contributed by atoms with Crippen molar-refractivity contribution in [2.75, 3.05) is 13.2 Å². The van der Waals surface area contributed by atoms with Crippen LogP contribution in [0.2, 0.25) is 0 Å². The molecule has 1 aromatic rings. The first-order valence-corrected chi connectivity index (χ1v) is 6.78. The number of aliphatic hydroxyl groups is 2. The highest BCUT2D eigenvalue weighted by atomic mass is 16.9.